The second-order valence-electron chi connectivity index (χ2n) is 9.20. The van der Waals surface area contributed by atoms with E-state index in [2.05, 4.69) is 29.2 Å². The van der Waals surface area contributed by atoms with Crippen molar-refractivity contribution in [2.24, 2.45) is 11.3 Å². The molecule has 158 valence electrons. The lowest BCUT2D eigenvalue weighted by Gasteiger charge is -2.48. The van der Waals surface area contributed by atoms with Gasteiger partial charge >= 0.3 is 0 Å². The van der Waals surface area contributed by atoms with Gasteiger partial charge in [-0.2, -0.15) is 0 Å². The maximum absolute atomic E-state index is 13.2. The lowest BCUT2D eigenvalue weighted by atomic mass is 9.72. The van der Waals surface area contributed by atoms with Crippen molar-refractivity contribution in [3.05, 3.63) is 35.4 Å². The zero-order valence-electron chi connectivity index (χ0n) is 17.7. The molecule has 4 rings (SSSR count). The molecule has 0 aromatic heterocycles. The van der Waals surface area contributed by atoms with E-state index in [0.717, 1.165) is 71.1 Å². The molecule has 0 N–H and O–H groups in total. The number of nitrogens with zero attached hydrogens (tertiary/aromatic N) is 2. The molecular formula is C24H34N2O3. The minimum Gasteiger partial charge on any atom is -0.385 e. The number of hydrogen-bond donors (Lipinski definition) is 0. The van der Waals surface area contributed by atoms with E-state index in [9.17, 15) is 9.59 Å². The summed E-state index contributed by atoms with van der Waals surface area (Å²) in [6, 6.07) is 8.55. The predicted octanol–water partition coefficient (Wildman–Crippen LogP) is 3.06. The summed E-state index contributed by atoms with van der Waals surface area (Å²) in [5.41, 5.74) is 2.97. The van der Waals surface area contributed by atoms with Gasteiger partial charge in [-0.3, -0.25) is 9.59 Å². The van der Waals surface area contributed by atoms with Gasteiger partial charge in [-0.15, -0.1) is 0 Å². The van der Waals surface area contributed by atoms with E-state index < -0.39 is 0 Å². The number of ether oxygens (including phenoxy) is 1. The molecule has 1 atom stereocenters. The molecule has 1 aliphatic carbocycles. The molecule has 0 radical (unpaired) electrons. The van der Waals surface area contributed by atoms with Crippen LogP contribution < -0.4 is 0 Å². The van der Waals surface area contributed by atoms with E-state index in [-0.39, 0.29) is 17.2 Å². The van der Waals surface area contributed by atoms with Crippen molar-refractivity contribution in [2.45, 2.75) is 51.4 Å². The Labute approximate surface area is 174 Å². The van der Waals surface area contributed by atoms with Crippen LogP contribution in [0.5, 0.6) is 0 Å². The molecule has 5 nitrogen and oxygen atoms in total. The summed E-state index contributed by atoms with van der Waals surface area (Å²) in [4.78, 5) is 29.6. The summed E-state index contributed by atoms with van der Waals surface area (Å²) in [6.45, 7) is 4.03. The third kappa shape index (κ3) is 4.50. The molecule has 2 aliphatic heterocycles. The van der Waals surface area contributed by atoms with Gasteiger partial charge in [0.15, 0.2) is 0 Å². The molecule has 3 aliphatic rings. The molecule has 0 unspecified atom stereocenters. The Kier molecular flexibility index (Phi) is 6.23. The van der Waals surface area contributed by atoms with Crippen LogP contribution in [0.1, 0.15) is 49.7 Å². The molecule has 0 bridgehead atoms. The lowest BCUT2D eigenvalue weighted by molar-refractivity contribution is -0.144. The molecule has 0 saturated carbocycles. The summed E-state index contributed by atoms with van der Waals surface area (Å²) in [5.74, 6) is 0.765. The molecular weight excluding hydrogens is 364 g/mol. The average Bonchev–Trinajstić information content (AvgIpc) is 2.76. The molecule has 1 aromatic carbocycles. The number of benzene rings is 1. The SMILES string of the molecule is COCCCN1CC2(CCC1=O)CCN(C(=O)[C@H]1CCc3ccccc3C1)CC2. The minimum atomic E-state index is 0.137. The fraction of sp³-hybridized carbons (Fsp3) is 0.667. The molecule has 29 heavy (non-hydrogen) atoms. The molecule has 2 fully saturated rings. The van der Waals surface area contributed by atoms with Gasteiger partial charge in [0.25, 0.3) is 0 Å². The fourth-order valence-electron chi connectivity index (χ4n) is 5.48. The standard InChI is InChI=1S/C24H34N2O3/c1-29-16-4-13-26-18-24(10-9-22(26)27)11-14-25(15-12-24)23(28)21-8-7-19-5-2-3-6-20(19)17-21/h2-3,5-6,21H,4,7-18H2,1H3/t21-/m0/s1. The van der Waals surface area contributed by atoms with E-state index in [1.165, 1.54) is 11.1 Å². The molecule has 2 amide bonds. The van der Waals surface area contributed by atoms with Crippen LogP contribution in [-0.2, 0) is 27.2 Å². The van der Waals surface area contributed by atoms with Crippen LogP contribution in [0.15, 0.2) is 24.3 Å². The monoisotopic (exact) mass is 398 g/mol. The molecule has 1 spiro atoms. The molecule has 1 aromatic rings. The lowest BCUT2D eigenvalue weighted by Crippen LogP contribution is -2.53. The van der Waals surface area contributed by atoms with Crippen molar-refractivity contribution in [3.8, 4) is 0 Å². The second-order valence-corrected chi connectivity index (χ2v) is 9.20. The topological polar surface area (TPSA) is 49.9 Å². The summed E-state index contributed by atoms with van der Waals surface area (Å²) >= 11 is 0. The van der Waals surface area contributed by atoms with Gasteiger partial charge in [-0.1, -0.05) is 24.3 Å². The van der Waals surface area contributed by atoms with Crippen molar-refractivity contribution >= 4 is 11.8 Å². The van der Waals surface area contributed by atoms with Crippen LogP contribution in [-0.4, -0.2) is 61.5 Å². The van der Waals surface area contributed by atoms with Crippen molar-refractivity contribution < 1.29 is 14.3 Å². The fourth-order valence-corrected chi connectivity index (χ4v) is 5.48. The van der Waals surface area contributed by atoms with Crippen LogP contribution in [0, 0.1) is 11.3 Å². The van der Waals surface area contributed by atoms with Crippen molar-refractivity contribution in [3.63, 3.8) is 0 Å². The summed E-state index contributed by atoms with van der Waals surface area (Å²) in [7, 11) is 1.71. The Morgan fingerprint density at radius 1 is 1.14 bits per heavy atom. The van der Waals surface area contributed by atoms with E-state index in [4.69, 9.17) is 4.74 Å². The van der Waals surface area contributed by atoms with E-state index in [0.29, 0.717) is 18.9 Å². The zero-order chi connectivity index (χ0) is 20.3. The third-order valence-corrected chi connectivity index (χ3v) is 7.36. The number of piperidine rings is 2. The Bertz CT molecular complexity index is 739. The first-order valence-corrected chi connectivity index (χ1v) is 11.2. The smallest absolute Gasteiger partial charge is 0.226 e. The number of likely N-dealkylation sites (tertiary alicyclic amines) is 2. The number of methoxy groups -OCH3 is 1. The molecule has 5 heteroatoms. The number of hydrogen-bond acceptors (Lipinski definition) is 3. The summed E-state index contributed by atoms with van der Waals surface area (Å²) in [6.07, 6.45) is 7.45. The number of amides is 2. The van der Waals surface area contributed by atoms with Crippen LogP contribution in [0.4, 0.5) is 0 Å². The largest absolute Gasteiger partial charge is 0.385 e. The number of carbonyl (C=O) groups is 2. The average molecular weight is 399 g/mol. The first-order chi connectivity index (χ1) is 14.1. The Hall–Kier alpha value is -1.88. The highest BCUT2D eigenvalue weighted by Crippen LogP contribution is 2.41. The van der Waals surface area contributed by atoms with E-state index in [1.807, 2.05) is 4.90 Å². The molecule has 2 saturated heterocycles. The third-order valence-electron chi connectivity index (χ3n) is 7.36. The Morgan fingerprint density at radius 2 is 1.90 bits per heavy atom. The highest BCUT2D eigenvalue weighted by atomic mass is 16.5. The quantitative estimate of drug-likeness (QED) is 0.717. The van der Waals surface area contributed by atoms with Gasteiger partial charge in [0, 0.05) is 52.2 Å². The van der Waals surface area contributed by atoms with Gasteiger partial charge in [-0.25, -0.2) is 0 Å². The van der Waals surface area contributed by atoms with E-state index >= 15 is 0 Å². The van der Waals surface area contributed by atoms with Crippen LogP contribution in [0.3, 0.4) is 0 Å². The minimum absolute atomic E-state index is 0.137. The molecule has 2 heterocycles. The second kappa shape index (κ2) is 8.86. The van der Waals surface area contributed by atoms with Crippen LogP contribution in [0.2, 0.25) is 0 Å². The van der Waals surface area contributed by atoms with Gasteiger partial charge in [0.2, 0.25) is 11.8 Å². The van der Waals surface area contributed by atoms with Crippen LogP contribution in [0.25, 0.3) is 0 Å². The first kappa shape index (κ1) is 20.4. The van der Waals surface area contributed by atoms with E-state index in [1.54, 1.807) is 7.11 Å². The number of carbonyl (C=O) groups excluding carboxylic acids is 2. The number of rotatable bonds is 5. The summed E-state index contributed by atoms with van der Waals surface area (Å²) < 4.78 is 5.14. The van der Waals surface area contributed by atoms with Gasteiger partial charge in [0.1, 0.15) is 0 Å². The number of fused-ring (bicyclic) bond motifs is 1. The van der Waals surface area contributed by atoms with Crippen molar-refractivity contribution in [1.29, 1.82) is 0 Å². The van der Waals surface area contributed by atoms with Gasteiger partial charge < -0.3 is 14.5 Å². The van der Waals surface area contributed by atoms with Gasteiger partial charge in [-0.05, 0) is 61.5 Å². The highest BCUT2D eigenvalue weighted by molar-refractivity contribution is 5.80. The maximum atomic E-state index is 13.2. The zero-order valence-corrected chi connectivity index (χ0v) is 17.7. The van der Waals surface area contributed by atoms with Crippen molar-refractivity contribution in [2.75, 3.05) is 39.9 Å². The first-order valence-electron chi connectivity index (χ1n) is 11.2. The Morgan fingerprint density at radius 3 is 2.66 bits per heavy atom. The predicted molar refractivity (Wildman–Crippen MR) is 113 cm³/mol. The number of aryl methyl sites for hydroxylation is 1. The van der Waals surface area contributed by atoms with Gasteiger partial charge in [0.05, 0.1) is 0 Å². The summed E-state index contributed by atoms with van der Waals surface area (Å²) in [5, 5.41) is 0. The van der Waals surface area contributed by atoms with Crippen molar-refractivity contribution in [1.82, 2.24) is 9.80 Å². The van der Waals surface area contributed by atoms with Crippen LogP contribution >= 0.6 is 0 Å². The Balaban J connectivity index is 1.32. The maximum Gasteiger partial charge on any atom is 0.226 e. The normalized spacial score (nSPS) is 23.9. The highest BCUT2D eigenvalue weighted by Gasteiger charge is 2.42.